The predicted molar refractivity (Wildman–Crippen MR) is 130 cm³/mol. The Labute approximate surface area is 192 Å². The van der Waals surface area contributed by atoms with Gasteiger partial charge in [0.05, 0.1) is 11.5 Å². The molecule has 0 aliphatic carbocycles. The topological polar surface area (TPSA) is 66.6 Å². The molecule has 0 radical (unpaired) electrons. The Morgan fingerprint density at radius 1 is 1.03 bits per heavy atom. The minimum Gasteiger partial charge on any atom is -0.392 e. The van der Waals surface area contributed by atoms with Crippen molar-refractivity contribution < 1.29 is 14.3 Å². The Hall–Kier alpha value is -2.24. The van der Waals surface area contributed by atoms with Crippen LogP contribution in [0.2, 0.25) is 0 Å². The van der Waals surface area contributed by atoms with E-state index in [1.54, 1.807) is 6.07 Å². The van der Waals surface area contributed by atoms with E-state index >= 15 is 4.39 Å². The van der Waals surface area contributed by atoms with Gasteiger partial charge >= 0.3 is 0 Å². The van der Waals surface area contributed by atoms with Gasteiger partial charge in [-0.2, -0.15) is 0 Å². The van der Waals surface area contributed by atoms with Gasteiger partial charge in [0.15, 0.2) is 0 Å². The van der Waals surface area contributed by atoms with E-state index in [4.69, 9.17) is 5.73 Å². The molecule has 0 heterocycles. The maximum Gasteiger partial charge on any atom is 0.228 e. The molecule has 0 fully saturated rings. The summed E-state index contributed by atoms with van der Waals surface area (Å²) < 4.78 is 15.3. The quantitative estimate of drug-likeness (QED) is 0.418. The van der Waals surface area contributed by atoms with Crippen LogP contribution in [0, 0.1) is 5.82 Å². The molecule has 4 nitrogen and oxygen atoms in total. The Balaban J connectivity index is 2.42. The van der Waals surface area contributed by atoms with Crippen molar-refractivity contribution in [3.63, 3.8) is 0 Å². The lowest BCUT2D eigenvalue weighted by molar-refractivity contribution is -0.125. The maximum atomic E-state index is 15.3. The van der Waals surface area contributed by atoms with Gasteiger partial charge in [-0.25, -0.2) is 4.39 Å². The Bertz CT molecular complexity index is 835. The van der Waals surface area contributed by atoms with E-state index in [-0.39, 0.29) is 12.0 Å². The molecular weight excluding hydrogens is 403 g/mol. The third kappa shape index (κ3) is 6.39. The summed E-state index contributed by atoms with van der Waals surface area (Å²) in [6.07, 6.45) is 3.87. The second-order valence-corrected chi connectivity index (χ2v) is 8.69. The summed E-state index contributed by atoms with van der Waals surface area (Å²) in [6.45, 7) is 8.38. The first kappa shape index (κ1) is 26.0. The molecule has 0 aliphatic heterocycles. The van der Waals surface area contributed by atoms with Crippen LogP contribution in [0.1, 0.15) is 64.9 Å². The van der Waals surface area contributed by atoms with Crippen molar-refractivity contribution in [2.24, 2.45) is 5.73 Å². The molecule has 2 aromatic carbocycles. The molecule has 0 saturated carbocycles. The third-order valence-corrected chi connectivity index (χ3v) is 6.36. The number of nitrogens with two attached hydrogens (primary N) is 1. The second kappa shape index (κ2) is 12.7. The summed E-state index contributed by atoms with van der Waals surface area (Å²) in [6, 6.07) is 14.3. The summed E-state index contributed by atoms with van der Waals surface area (Å²) in [5.74, 6) is -1.07. The van der Waals surface area contributed by atoms with Gasteiger partial charge in [-0.15, -0.1) is 0 Å². The smallest absolute Gasteiger partial charge is 0.228 e. The monoisotopic (exact) mass is 442 g/mol. The minimum absolute atomic E-state index is 0.0916. The summed E-state index contributed by atoms with van der Waals surface area (Å²) in [4.78, 5) is 15.1. The number of aliphatic hydroxyl groups excluding tert-OH is 1. The number of unbranched alkanes of at least 4 members (excludes halogenated alkanes) is 2. The molecular formula is C27H39FN2O2. The first-order valence-electron chi connectivity index (χ1n) is 11.9. The molecule has 0 bridgehead atoms. The van der Waals surface area contributed by atoms with Crippen LogP contribution in [-0.4, -0.2) is 41.7 Å². The van der Waals surface area contributed by atoms with E-state index in [1.165, 1.54) is 6.07 Å². The Morgan fingerprint density at radius 2 is 1.66 bits per heavy atom. The van der Waals surface area contributed by atoms with Gasteiger partial charge in [0.2, 0.25) is 5.91 Å². The number of carbonyl (C=O) groups excluding carboxylic acids is 1. The summed E-state index contributed by atoms with van der Waals surface area (Å²) in [5.41, 5.74) is 6.40. The lowest BCUT2D eigenvalue weighted by Gasteiger charge is -2.35. The van der Waals surface area contributed by atoms with E-state index in [1.807, 2.05) is 43.3 Å². The molecule has 1 amide bonds. The zero-order valence-electron chi connectivity index (χ0n) is 19.8. The van der Waals surface area contributed by atoms with Crippen molar-refractivity contribution in [1.29, 1.82) is 0 Å². The number of hydrogen-bond donors (Lipinski definition) is 2. The lowest BCUT2D eigenvalue weighted by atomic mass is 9.70. The number of primary amides is 1. The maximum absolute atomic E-state index is 15.3. The number of hydrogen-bond acceptors (Lipinski definition) is 3. The Kier molecular flexibility index (Phi) is 10.3. The molecule has 2 aromatic rings. The molecule has 176 valence electrons. The fourth-order valence-electron chi connectivity index (χ4n) is 4.51. The van der Waals surface area contributed by atoms with Gasteiger partial charge in [-0.3, -0.25) is 4.79 Å². The van der Waals surface area contributed by atoms with Crippen LogP contribution in [-0.2, 0) is 10.2 Å². The number of rotatable bonds is 14. The molecule has 0 spiro atoms. The molecule has 0 aromatic heterocycles. The van der Waals surface area contributed by atoms with Crippen LogP contribution >= 0.6 is 0 Å². The van der Waals surface area contributed by atoms with Gasteiger partial charge in [-0.05, 0) is 56.0 Å². The standard InChI is InChI=1S/C27H39FN2O2/c1-4-7-17-30(18-8-5-2)20-22(31)19-27(6-3,26(29)32)25-23(15-12-16-24(25)28)21-13-10-9-11-14-21/h9-16,22,31H,4-8,17-20H2,1-3H3,(H2,29,32). The first-order chi connectivity index (χ1) is 15.4. The fraction of sp³-hybridized carbons (Fsp3) is 0.519. The highest BCUT2D eigenvalue weighted by Crippen LogP contribution is 2.41. The average molecular weight is 443 g/mol. The van der Waals surface area contributed by atoms with Gasteiger partial charge in [0, 0.05) is 12.1 Å². The largest absolute Gasteiger partial charge is 0.392 e. The van der Waals surface area contributed by atoms with Crippen molar-refractivity contribution in [3.05, 3.63) is 59.9 Å². The van der Waals surface area contributed by atoms with Crippen LogP contribution in [0.4, 0.5) is 4.39 Å². The van der Waals surface area contributed by atoms with E-state index in [2.05, 4.69) is 18.7 Å². The second-order valence-electron chi connectivity index (χ2n) is 8.69. The molecule has 2 atom stereocenters. The van der Waals surface area contributed by atoms with Gasteiger partial charge in [0.1, 0.15) is 5.82 Å². The van der Waals surface area contributed by atoms with E-state index in [0.29, 0.717) is 18.5 Å². The van der Waals surface area contributed by atoms with Crippen molar-refractivity contribution in [1.82, 2.24) is 4.90 Å². The van der Waals surface area contributed by atoms with E-state index < -0.39 is 23.2 Å². The van der Waals surface area contributed by atoms with Crippen LogP contribution < -0.4 is 5.73 Å². The summed E-state index contributed by atoms with van der Waals surface area (Å²) >= 11 is 0. The first-order valence-corrected chi connectivity index (χ1v) is 11.9. The van der Waals surface area contributed by atoms with Crippen LogP contribution in [0.25, 0.3) is 11.1 Å². The molecule has 3 N–H and O–H groups in total. The lowest BCUT2D eigenvalue weighted by Crippen LogP contribution is -2.46. The highest BCUT2D eigenvalue weighted by Gasteiger charge is 2.42. The zero-order chi connectivity index (χ0) is 23.6. The summed E-state index contributed by atoms with van der Waals surface area (Å²) in [5, 5.41) is 11.1. The average Bonchev–Trinajstić information content (AvgIpc) is 2.79. The normalized spacial score (nSPS) is 14.3. The fourth-order valence-corrected chi connectivity index (χ4v) is 4.51. The molecule has 2 rings (SSSR count). The number of nitrogens with zero attached hydrogens (tertiary/aromatic N) is 1. The summed E-state index contributed by atoms with van der Waals surface area (Å²) in [7, 11) is 0. The van der Waals surface area contributed by atoms with Crippen LogP contribution in [0.3, 0.4) is 0 Å². The van der Waals surface area contributed by atoms with Crippen molar-refractivity contribution in [3.8, 4) is 11.1 Å². The number of amides is 1. The molecule has 32 heavy (non-hydrogen) atoms. The number of carbonyl (C=O) groups is 1. The van der Waals surface area contributed by atoms with Gasteiger partial charge < -0.3 is 15.7 Å². The Morgan fingerprint density at radius 3 is 2.19 bits per heavy atom. The third-order valence-electron chi connectivity index (χ3n) is 6.36. The van der Waals surface area contributed by atoms with Crippen molar-refractivity contribution >= 4 is 5.91 Å². The van der Waals surface area contributed by atoms with E-state index in [0.717, 1.165) is 44.3 Å². The van der Waals surface area contributed by atoms with Gasteiger partial charge in [-0.1, -0.05) is 76.1 Å². The molecule has 0 aliphatic rings. The number of aliphatic hydroxyl groups is 1. The number of benzene rings is 2. The van der Waals surface area contributed by atoms with Crippen LogP contribution in [0.15, 0.2) is 48.5 Å². The highest BCUT2D eigenvalue weighted by atomic mass is 19.1. The minimum atomic E-state index is -1.29. The number of halogens is 1. The highest BCUT2D eigenvalue weighted by molar-refractivity contribution is 5.90. The molecule has 5 heteroatoms. The SMILES string of the molecule is CCCCN(CCCC)CC(O)CC(CC)(C(N)=O)c1c(F)cccc1-c1ccccc1. The van der Waals surface area contributed by atoms with E-state index in [9.17, 15) is 9.90 Å². The van der Waals surface area contributed by atoms with Crippen LogP contribution in [0.5, 0.6) is 0 Å². The zero-order valence-corrected chi connectivity index (χ0v) is 19.8. The van der Waals surface area contributed by atoms with Crippen molar-refractivity contribution in [2.45, 2.75) is 70.8 Å². The molecule has 2 unspecified atom stereocenters. The predicted octanol–water partition coefficient (Wildman–Crippen LogP) is 5.28. The van der Waals surface area contributed by atoms with Crippen molar-refractivity contribution in [2.75, 3.05) is 19.6 Å². The van der Waals surface area contributed by atoms with Gasteiger partial charge in [0.25, 0.3) is 0 Å². The molecule has 0 saturated heterocycles.